The Balaban J connectivity index is 2.06. The normalized spacial score (nSPS) is 9.95. The molecule has 0 radical (unpaired) electrons. The summed E-state index contributed by atoms with van der Waals surface area (Å²) in [7, 11) is 0. The van der Waals surface area contributed by atoms with Gasteiger partial charge in [-0.2, -0.15) is 5.26 Å². The van der Waals surface area contributed by atoms with Gasteiger partial charge in [-0.15, -0.1) is 0 Å². The first kappa shape index (κ1) is 15.1. The maximum absolute atomic E-state index is 8.86. The number of nitrogens with zero attached hydrogens (tertiary/aromatic N) is 2. The van der Waals surface area contributed by atoms with Gasteiger partial charge in [0.15, 0.2) is 0 Å². The predicted molar refractivity (Wildman–Crippen MR) is 83.5 cm³/mol. The molecule has 0 aliphatic carbocycles. The fourth-order valence-corrected chi connectivity index (χ4v) is 1.90. The lowest BCUT2D eigenvalue weighted by atomic mass is 10.2. The van der Waals surface area contributed by atoms with Crippen LogP contribution < -0.4 is 10.1 Å². The summed E-state index contributed by atoms with van der Waals surface area (Å²) in [4.78, 5) is 4.43. The molecule has 5 heteroatoms. The molecule has 21 heavy (non-hydrogen) atoms. The zero-order valence-corrected chi connectivity index (χ0v) is 12.5. The van der Waals surface area contributed by atoms with Crippen LogP contribution in [-0.4, -0.2) is 11.5 Å². The number of rotatable bonds is 6. The second kappa shape index (κ2) is 7.51. The van der Waals surface area contributed by atoms with E-state index < -0.39 is 0 Å². The summed E-state index contributed by atoms with van der Waals surface area (Å²) >= 11 is 6.13. The number of hydrogen-bond donors (Lipinski definition) is 1. The van der Waals surface area contributed by atoms with E-state index in [-0.39, 0.29) is 6.61 Å². The van der Waals surface area contributed by atoms with Gasteiger partial charge >= 0.3 is 0 Å². The number of nitrogens with one attached hydrogen (secondary N) is 1. The quantitative estimate of drug-likeness (QED) is 0.876. The Kier molecular flexibility index (Phi) is 5.42. The lowest BCUT2D eigenvalue weighted by Crippen LogP contribution is -2.05. The first-order chi connectivity index (χ1) is 10.2. The lowest BCUT2D eigenvalue weighted by Gasteiger charge is -2.10. The van der Waals surface area contributed by atoms with Crippen LogP contribution in [0.5, 0.6) is 5.75 Å². The topological polar surface area (TPSA) is 57.9 Å². The molecule has 1 aromatic heterocycles. The van der Waals surface area contributed by atoms with Crippen molar-refractivity contribution in [3.05, 3.63) is 52.7 Å². The molecule has 0 amide bonds. The average molecular weight is 302 g/mol. The van der Waals surface area contributed by atoms with E-state index in [2.05, 4.69) is 23.3 Å². The van der Waals surface area contributed by atoms with Crippen molar-refractivity contribution in [2.24, 2.45) is 0 Å². The molecule has 0 saturated heterocycles. The van der Waals surface area contributed by atoms with E-state index in [1.807, 2.05) is 6.07 Å². The van der Waals surface area contributed by atoms with E-state index in [0.29, 0.717) is 22.0 Å². The number of aromatic nitrogens is 1. The van der Waals surface area contributed by atoms with Gasteiger partial charge in [-0.25, -0.2) is 4.98 Å². The summed E-state index contributed by atoms with van der Waals surface area (Å²) in [5.41, 5.74) is 1.23. The molecule has 1 heterocycles. The van der Waals surface area contributed by atoms with Gasteiger partial charge in [-0.05, 0) is 36.8 Å². The Morgan fingerprint density at radius 3 is 2.95 bits per heavy atom. The van der Waals surface area contributed by atoms with Crippen molar-refractivity contribution in [3.8, 4) is 11.8 Å². The van der Waals surface area contributed by atoms with E-state index >= 15 is 0 Å². The van der Waals surface area contributed by atoms with Crippen LogP contribution in [0.4, 0.5) is 5.82 Å². The standard InChI is InChI=1S/C16H16ClN3O/c1-2-8-19-16-7-6-14(17)15(20-16)11-21-13-5-3-4-12(9-13)10-18/h3-7,9H,2,8,11H2,1H3,(H,19,20). The van der Waals surface area contributed by atoms with Gasteiger partial charge in [0.2, 0.25) is 0 Å². The minimum absolute atomic E-state index is 0.259. The summed E-state index contributed by atoms with van der Waals surface area (Å²) in [6, 6.07) is 12.7. The maximum atomic E-state index is 8.86. The van der Waals surface area contributed by atoms with Gasteiger partial charge in [-0.1, -0.05) is 24.6 Å². The number of hydrogen-bond acceptors (Lipinski definition) is 4. The van der Waals surface area contributed by atoms with Gasteiger partial charge in [0.25, 0.3) is 0 Å². The molecule has 0 saturated carbocycles. The molecule has 0 bridgehead atoms. The third-order valence-corrected chi connectivity index (χ3v) is 3.16. The zero-order valence-electron chi connectivity index (χ0n) is 11.8. The summed E-state index contributed by atoms with van der Waals surface area (Å²) in [5.74, 6) is 1.41. The predicted octanol–water partition coefficient (Wildman–Crippen LogP) is 4.01. The minimum atomic E-state index is 0.259. The van der Waals surface area contributed by atoms with Gasteiger partial charge < -0.3 is 10.1 Å². The Labute approximate surface area is 129 Å². The first-order valence-electron chi connectivity index (χ1n) is 6.75. The Morgan fingerprint density at radius 2 is 2.19 bits per heavy atom. The maximum Gasteiger partial charge on any atom is 0.132 e. The van der Waals surface area contributed by atoms with Crippen LogP contribution in [0.15, 0.2) is 36.4 Å². The number of nitriles is 1. The highest BCUT2D eigenvalue weighted by atomic mass is 35.5. The summed E-state index contributed by atoms with van der Waals surface area (Å²) in [5, 5.41) is 12.6. The smallest absolute Gasteiger partial charge is 0.132 e. The highest BCUT2D eigenvalue weighted by Crippen LogP contribution is 2.20. The molecular weight excluding hydrogens is 286 g/mol. The lowest BCUT2D eigenvalue weighted by molar-refractivity contribution is 0.301. The van der Waals surface area contributed by atoms with Crippen LogP contribution in [0.2, 0.25) is 5.02 Å². The van der Waals surface area contributed by atoms with Crippen molar-refractivity contribution < 1.29 is 4.74 Å². The molecule has 0 fully saturated rings. The molecule has 0 spiro atoms. The minimum Gasteiger partial charge on any atom is -0.487 e. The largest absolute Gasteiger partial charge is 0.487 e. The third kappa shape index (κ3) is 4.37. The van der Waals surface area contributed by atoms with Crippen molar-refractivity contribution in [2.75, 3.05) is 11.9 Å². The Hall–Kier alpha value is -2.25. The molecule has 0 atom stereocenters. The van der Waals surface area contributed by atoms with E-state index in [1.165, 1.54) is 0 Å². The molecule has 1 aromatic carbocycles. The zero-order chi connectivity index (χ0) is 15.1. The van der Waals surface area contributed by atoms with Crippen LogP contribution in [0.3, 0.4) is 0 Å². The molecule has 1 N–H and O–H groups in total. The molecule has 0 aliphatic heterocycles. The monoisotopic (exact) mass is 301 g/mol. The van der Waals surface area contributed by atoms with Crippen LogP contribution >= 0.6 is 11.6 Å². The fourth-order valence-electron chi connectivity index (χ4n) is 1.74. The molecule has 4 nitrogen and oxygen atoms in total. The van der Waals surface area contributed by atoms with Crippen LogP contribution in [-0.2, 0) is 6.61 Å². The summed E-state index contributed by atoms with van der Waals surface area (Å²) in [6.07, 6.45) is 1.02. The van der Waals surface area contributed by atoms with E-state index in [4.69, 9.17) is 21.6 Å². The van der Waals surface area contributed by atoms with E-state index in [0.717, 1.165) is 18.8 Å². The Morgan fingerprint density at radius 1 is 1.33 bits per heavy atom. The van der Waals surface area contributed by atoms with Crippen molar-refractivity contribution in [1.82, 2.24) is 4.98 Å². The molecular formula is C16H16ClN3O. The second-order valence-corrected chi connectivity index (χ2v) is 4.89. The summed E-state index contributed by atoms with van der Waals surface area (Å²) < 4.78 is 5.65. The second-order valence-electron chi connectivity index (χ2n) is 4.48. The Bertz CT molecular complexity index is 652. The van der Waals surface area contributed by atoms with Crippen LogP contribution in [0.25, 0.3) is 0 Å². The number of halogens is 1. The molecule has 108 valence electrons. The van der Waals surface area contributed by atoms with Crippen molar-refractivity contribution in [1.29, 1.82) is 5.26 Å². The average Bonchev–Trinajstić information content (AvgIpc) is 2.53. The number of ether oxygens (including phenoxy) is 1. The highest BCUT2D eigenvalue weighted by molar-refractivity contribution is 6.31. The van der Waals surface area contributed by atoms with E-state index in [9.17, 15) is 0 Å². The van der Waals surface area contributed by atoms with Gasteiger partial charge in [0, 0.05) is 6.54 Å². The number of anilines is 1. The van der Waals surface area contributed by atoms with Crippen molar-refractivity contribution >= 4 is 17.4 Å². The molecule has 2 aromatic rings. The highest BCUT2D eigenvalue weighted by Gasteiger charge is 2.05. The fraction of sp³-hybridized carbons (Fsp3) is 0.250. The van der Waals surface area contributed by atoms with E-state index in [1.54, 1.807) is 30.3 Å². The molecule has 0 unspecified atom stereocenters. The number of pyridine rings is 1. The summed E-state index contributed by atoms with van der Waals surface area (Å²) in [6.45, 7) is 3.21. The van der Waals surface area contributed by atoms with Gasteiger partial charge in [-0.3, -0.25) is 0 Å². The van der Waals surface area contributed by atoms with Gasteiger partial charge in [0.05, 0.1) is 22.3 Å². The van der Waals surface area contributed by atoms with Crippen molar-refractivity contribution in [2.45, 2.75) is 20.0 Å². The first-order valence-corrected chi connectivity index (χ1v) is 7.13. The third-order valence-electron chi connectivity index (χ3n) is 2.81. The number of benzene rings is 1. The van der Waals surface area contributed by atoms with Crippen molar-refractivity contribution in [3.63, 3.8) is 0 Å². The van der Waals surface area contributed by atoms with Crippen LogP contribution in [0.1, 0.15) is 24.6 Å². The van der Waals surface area contributed by atoms with Gasteiger partial charge in [0.1, 0.15) is 18.2 Å². The molecule has 2 rings (SSSR count). The molecule has 0 aliphatic rings. The van der Waals surface area contributed by atoms with Crippen LogP contribution in [0, 0.1) is 11.3 Å². The SMILES string of the molecule is CCCNc1ccc(Cl)c(COc2cccc(C#N)c2)n1.